The first-order valence-corrected chi connectivity index (χ1v) is 6.23. The Kier molecular flexibility index (Phi) is 3.64. The molecule has 0 aliphatic carbocycles. The monoisotopic (exact) mass is 233 g/mol. The zero-order valence-corrected chi connectivity index (χ0v) is 10.3. The highest BCUT2D eigenvalue weighted by Crippen LogP contribution is 2.29. The molecule has 0 spiro atoms. The summed E-state index contributed by atoms with van der Waals surface area (Å²) in [6.45, 7) is 2.18. The van der Waals surface area contributed by atoms with E-state index in [1.807, 2.05) is 19.4 Å². The Labute approximate surface area is 99.6 Å². The van der Waals surface area contributed by atoms with Crippen LogP contribution in [0.2, 0.25) is 0 Å². The van der Waals surface area contributed by atoms with E-state index in [1.165, 1.54) is 10.4 Å². The van der Waals surface area contributed by atoms with Crippen LogP contribution >= 0.6 is 11.3 Å². The summed E-state index contributed by atoms with van der Waals surface area (Å²) in [7, 11) is 1.97. The van der Waals surface area contributed by atoms with Crippen LogP contribution in [-0.2, 0) is 6.42 Å². The maximum atomic E-state index is 4.07. The van der Waals surface area contributed by atoms with E-state index in [2.05, 4.69) is 33.7 Å². The smallest absolute Gasteiger partial charge is 0.115 e. The number of hydrogen-bond acceptors (Lipinski definition) is 4. The molecule has 1 unspecified atom stereocenters. The van der Waals surface area contributed by atoms with Gasteiger partial charge in [0.2, 0.25) is 0 Å². The third-order valence-corrected chi connectivity index (χ3v) is 3.65. The van der Waals surface area contributed by atoms with Crippen LogP contribution in [0.15, 0.2) is 30.2 Å². The molecule has 0 aliphatic rings. The lowest BCUT2D eigenvalue weighted by Crippen LogP contribution is -2.18. The molecule has 0 fully saturated rings. The van der Waals surface area contributed by atoms with Crippen molar-refractivity contribution in [2.24, 2.45) is 0 Å². The molecule has 1 N–H and O–H groups in total. The zero-order chi connectivity index (χ0) is 11.4. The minimum Gasteiger partial charge on any atom is -0.309 e. The number of rotatable bonds is 4. The van der Waals surface area contributed by atoms with Gasteiger partial charge in [-0.05, 0) is 30.5 Å². The van der Waals surface area contributed by atoms with Gasteiger partial charge < -0.3 is 5.32 Å². The van der Waals surface area contributed by atoms with Crippen molar-refractivity contribution in [3.8, 4) is 0 Å². The summed E-state index contributed by atoms with van der Waals surface area (Å²) in [5.41, 5.74) is 2.51. The Morgan fingerprint density at radius 2 is 2.12 bits per heavy atom. The molecule has 16 heavy (non-hydrogen) atoms. The Bertz CT molecular complexity index is 439. The Morgan fingerprint density at radius 3 is 2.75 bits per heavy atom. The first kappa shape index (κ1) is 11.2. The Balaban J connectivity index is 2.37. The van der Waals surface area contributed by atoms with Crippen LogP contribution in [0, 0.1) is 0 Å². The Hall–Kier alpha value is -1.26. The fraction of sp³-hybridized carbons (Fsp3) is 0.333. The molecular formula is C12H15N3S. The fourth-order valence-corrected chi connectivity index (χ4v) is 2.93. The van der Waals surface area contributed by atoms with Gasteiger partial charge in [-0.15, -0.1) is 11.3 Å². The van der Waals surface area contributed by atoms with Crippen LogP contribution < -0.4 is 5.32 Å². The van der Waals surface area contributed by atoms with Gasteiger partial charge in [0.05, 0.1) is 6.04 Å². The van der Waals surface area contributed by atoms with Gasteiger partial charge in [-0.3, -0.25) is 0 Å². The van der Waals surface area contributed by atoms with Crippen molar-refractivity contribution >= 4 is 11.3 Å². The molecule has 2 aromatic rings. The highest BCUT2D eigenvalue weighted by molar-refractivity contribution is 7.10. The van der Waals surface area contributed by atoms with Gasteiger partial charge in [0.15, 0.2) is 0 Å². The molecule has 0 saturated heterocycles. The molecule has 84 valence electrons. The van der Waals surface area contributed by atoms with Crippen LogP contribution in [0.3, 0.4) is 0 Å². The summed E-state index contributed by atoms with van der Waals surface area (Å²) >= 11 is 1.78. The van der Waals surface area contributed by atoms with Crippen LogP contribution in [0.5, 0.6) is 0 Å². The van der Waals surface area contributed by atoms with Crippen molar-refractivity contribution < 1.29 is 0 Å². The second-order valence-electron chi connectivity index (χ2n) is 3.56. The van der Waals surface area contributed by atoms with E-state index < -0.39 is 0 Å². The lowest BCUT2D eigenvalue weighted by atomic mass is 10.0. The maximum absolute atomic E-state index is 4.07. The quantitative estimate of drug-likeness (QED) is 0.881. The first-order chi connectivity index (χ1) is 7.86. The normalized spacial score (nSPS) is 12.6. The average Bonchev–Trinajstić information content (AvgIpc) is 2.80. The molecule has 3 nitrogen and oxygen atoms in total. The van der Waals surface area contributed by atoms with Crippen molar-refractivity contribution in [2.45, 2.75) is 19.4 Å². The predicted octanol–water partition coefficient (Wildman–Crippen LogP) is 2.41. The SMILES string of the molecule is CCc1ccsc1C(NC)c1cncnc1. The van der Waals surface area contributed by atoms with Gasteiger partial charge in [-0.2, -0.15) is 0 Å². The van der Waals surface area contributed by atoms with Crippen molar-refractivity contribution in [3.63, 3.8) is 0 Å². The molecule has 2 heterocycles. The number of aryl methyl sites for hydroxylation is 1. The molecule has 0 amide bonds. The minimum absolute atomic E-state index is 0.205. The van der Waals surface area contributed by atoms with Gasteiger partial charge in [0, 0.05) is 22.8 Å². The van der Waals surface area contributed by atoms with Crippen molar-refractivity contribution in [3.05, 3.63) is 46.2 Å². The summed E-state index contributed by atoms with van der Waals surface area (Å²) in [6.07, 6.45) is 6.36. The number of aromatic nitrogens is 2. The molecule has 0 radical (unpaired) electrons. The van der Waals surface area contributed by atoms with Crippen molar-refractivity contribution in [1.29, 1.82) is 0 Å². The van der Waals surface area contributed by atoms with E-state index >= 15 is 0 Å². The average molecular weight is 233 g/mol. The molecule has 2 aromatic heterocycles. The highest BCUT2D eigenvalue weighted by Gasteiger charge is 2.16. The second-order valence-corrected chi connectivity index (χ2v) is 4.50. The Morgan fingerprint density at radius 1 is 1.38 bits per heavy atom. The number of nitrogens with zero attached hydrogens (tertiary/aromatic N) is 2. The predicted molar refractivity (Wildman–Crippen MR) is 66.6 cm³/mol. The highest BCUT2D eigenvalue weighted by atomic mass is 32.1. The molecule has 0 saturated carbocycles. The first-order valence-electron chi connectivity index (χ1n) is 5.35. The third-order valence-electron chi connectivity index (χ3n) is 2.63. The van der Waals surface area contributed by atoms with E-state index in [0.29, 0.717) is 0 Å². The van der Waals surface area contributed by atoms with E-state index in [-0.39, 0.29) is 6.04 Å². The largest absolute Gasteiger partial charge is 0.309 e. The summed E-state index contributed by atoms with van der Waals surface area (Å²) in [4.78, 5) is 9.51. The van der Waals surface area contributed by atoms with Crippen molar-refractivity contribution in [2.75, 3.05) is 7.05 Å². The summed E-state index contributed by atoms with van der Waals surface area (Å²) in [5.74, 6) is 0. The number of hydrogen-bond donors (Lipinski definition) is 1. The molecule has 4 heteroatoms. The number of thiophene rings is 1. The molecule has 0 bridgehead atoms. The summed E-state index contributed by atoms with van der Waals surface area (Å²) in [5, 5.41) is 5.47. The van der Waals surface area contributed by atoms with Gasteiger partial charge in [-0.25, -0.2) is 9.97 Å². The molecule has 2 rings (SSSR count). The number of nitrogens with one attached hydrogen (secondary N) is 1. The van der Waals surface area contributed by atoms with Crippen LogP contribution in [0.25, 0.3) is 0 Å². The fourth-order valence-electron chi connectivity index (χ4n) is 1.80. The molecule has 0 aliphatic heterocycles. The lowest BCUT2D eigenvalue weighted by molar-refractivity contribution is 0.690. The van der Waals surface area contributed by atoms with E-state index in [1.54, 1.807) is 17.7 Å². The van der Waals surface area contributed by atoms with E-state index in [9.17, 15) is 0 Å². The molecule has 0 aromatic carbocycles. The summed E-state index contributed by atoms with van der Waals surface area (Å²) < 4.78 is 0. The molecule has 1 atom stereocenters. The molecular weight excluding hydrogens is 218 g/mol. The van der Waals surface area contributed by atoms with Gasteiger partial charge >= 0.3 is 0 Å². The third kappa shape index (κ3) is 2.13. The van der Waals surface area contributed by atoms with E-state index in [4.69, 9.17) is 0 Å². The van der Waals surface area contributed by atoms with E-state index in [0.717, 1.165) is 12.0 Å². The topological polar surface area (TPSA) is 37.8 Å². The zero-order valence-electron chi connectivity index (χ0n) is 9.47. The minimum atomic E-state index is 0.205. The maximum Gasteiger partial charge on any atom is 0.115 e. The van der Waals surface area contributed by atoms with Gasteiger partial charge in [0.25, 0.3) is 0 Å². The van der Waals surface area contributed by atoms with Crippen LogP contribution in [0.1, 0.15) is 29.0 Å². The van der Waals surface area contributed by atoms with Crippen molar-refractivity contribution in [1.82, 2.24) is 15.3 Å². The van der Waals surface area contributed by atoms with Crippen LogP contribution in [-0.4, -0.2) is 17.0 Å². The summed E-state index contributed by atoms with van der Waals surface area (Å²) in [6, 6.07) is 2.39. The lowest BCUT2D eigenvalue weighted by Gasteiger charge is -2.15. The van der Waals surface area contributed by atoms with Gasteiger partial charge in [-0.1, -0.05) is 6.92 Å². The van der Waals surface area contributed by atoms with Crippen LogP contribution in [0.4, 0.5) is 0 Å². The van der Waals surface area contributed by atoms with Gasteiger partial charge in [0.1, 0.15) is 6.33 Å². The standard InChI is InChI=1S/C12H15N3S/c1-3-9-4-5-16-12(9)11(13-2)10-6-14-8-15-7-10/h4-8,11,13H,3H2,1-2H3. The second kappa shape index (κ2) is 5.18.